The van der Waals surface area contributed by atoms with Gasteiger partial charge in [-0.05, 0) is 24.3 Å². The molecular formula is C21H20N4O3. The molecule has 28 heavy (non-hydrogen) atoms. The fourth-order valence-electron chi connectivity index (χ4n) is 3.36. The molecule has 3 aliphatic heterocycles. The van der Waals surface area contributed by atoms with Crippen LogP contribution in [0.5, 0.6) is 5.75 Å². The fraction of sp³-hybridized carbons (Fsp3) is 0.286. The second-order valence-corrected chi connectivity index (χ2v) is 7.23. The van der Waals surface area contributed by atoms with E-state index in [-0.39, 0.29) is 17.3 Å². The Bertz CT molecular complexity index is 1040. The molecule has 3 fully saturated rings. The Morgan fingerprint density at radius 2 is 1.50 bits per heavy atom. The number of aromatic nitrogens is 1. The average molecular weight is 376 g/mol. The van der Waals surface area contributed by atoms with E-state index in [2.05, 4.69) is 4.98 Å². The summed E-state index contributed by atoms with van der Waals surface area (Å²) in [6, 6.07) is 8.96. The lowest BCUT2D eigenvalue weighted by atomic mass is 10.0. The molecule has 1 aromatic heterocycles. The first-order chi connectivity index (χ1) is 13.6. The molecular weight excluding hydrogens is 356 g/mol. The number of phenolic OH excluding ortho intramolecular Hbond substituents is 1. The van der Waals surface area contributed by atoms with Crippen molar-refractivity contribution < 1.29 is 14.7 Å². The highest BCUT2D eigenvalue weighted by molar-refractivity contribution is 6.22. The zero-order valence-corrected chi connectivity index (χ0v) is 15.3. The zero-order valence-electron chi connectivity index (χ0n) is 15.3. The zero-order chi connectivity index (χ0) is 19.3. The summed E-state index contributed by atoms with van der Waals surface area (Å²) in [6.45, 7) is 5.41. The summed E-state index contributed by atoms with van der Waals surface area (Å²) < 4.78 is 0. The molecule has 0 unspecified atom stereocenters. The number of rotatable bonds is 3. The molecule has 0 spiro atoms. The van der Waals surface area contributed by atoms with E-state index in [9.17, 15) is 14.7 Å². The predicted molar refractivity (Wildman–Crippen MR) is 103 cm³/mol. The average Bonchev–Trinajstić information content (AvgIpc) is 3.57. The van der Waals surface area contributed by atoms with Gasteiger partial charge >= 0.3 is 0 Å². The number of nitrogens with zero attached hydrogens (tertiary/aromatic N) is 4. The van der Waals surface area contributed by atoms with Gasteiger partial charge in [-0.15, -0.1) is 0 Å². The Balaban J connectivity index is 0.000000135. The largest absolute Gasteiger partial charge is 0.507 e. The Hall–Kier alpha value is -3.35. The minimum Gasteiger partial charge on any atom is -0.507 e. The lowest BCUT2D eigenvalue weighted by Crippen LogP contribution is -2.29. The van der Waals surface area contributed by atoms with Gasteiger partial charge in [-0.25, -0.2) is 0 Å². The highest BCUT2D eigenvalue weighted by Gasteiger charge is 2.43. The Morgan fingerprint density at radius 1 is 0.821 bits per heavy atom. The van der Waals surface area contributed by atoms with Crippen LogP contribution in [0.3, 0.4) is 0 Å². The quantitative estimate of drug-likeness (QED) is 0.635. The van der Waals surface area contributed by atoms with Crippen molar-refractivity contribution >= 4 is 22.5 Å². The third kappa shape index (κ3) is 3.09. The number of pyridine rings is 1. The minimum atomic E-state index is 0.00546. The molecule has 0 amide bonds. The molecule has 4 aliphatic rings. The van der Waals surface area contributed by atoms with Crippen molar-refractivity contribution in [1.82, 2.24) is 19.7 Å². The maximum absolute atomic E-state index is 12.4. The van der Waals surface area contributed by atoms with Crippen molar-refractivity contribution in [3.05, 3.63) is 59.7 Å². The highest BCUT2D eigenvalue weighted by Crippen LogP contribution is 2.33. The number of ketones is 2. The van der Waals surface area contributed by atoms with Crippen LogP contribution in [0.1, 0.15) is 0 Å². The monoisotopic (exact) mass is 376 g/mol. The van der Waals surface area contributed by atoms with Crippen molar-refractivity contribution in [2.45, 2.75) is 0 Å². The summed E-state index contributed by atoms with van der Waals surface area (Å²) >= 11 is 0. The first-order valence-corrected chi connectivity index (χ1v) is 9.46. The van der Waals surface area contributed by atoms with Crippen LogP contribution in [0, 0.1) is 0 Å². The number of phenols is 1. The van der Waals surface area contributed by atoms with Gasteiger partial charge in [-0.3, -0.25) is 14.6 Å². The molecule has 2 aromatic rings. The van der Waals surface area contributed by atoms with Crippen LogP contribution >= 0.6 is 0 Å². The van der Waals surface area contributed by atoms with Crippen LogP contribution in [0.25, 0.3) is 10.9 Å². The van der Waals surface area contributed by atoms with Gasteiger partial charge in [-0.1, -0.05) is 6.07 Å². The number of Topliss-reactive ketones (excluding diaryl/α,β-unsaturated/α-hetero) is 1. The molecule has 142 valence electrons. The van der Waals surface area contributed by atoms with Crippen molar-refractivity contribution in [2.24, 2.45) is 0 Å². The van der Waals surface area contributed by atoms with E-state index in [0.717, 1.165) is 50.2 Å². The van der Waals surface area contributed by atoms with E-state index in [0.29, 0.717) is 17.1 Å². The van der Waals surface area contributed by atoms with Crippen LogP contribution in [0.2, 0.25) is 0 Å². The molecule has 0 saturated carbocycles. The third-order valence-electron chi connectivity index (χ3n) is 5.11. The first-order valence-electron chi connectivity index (χ1n) is 9.46. The summed E-state index contributed by atoms with van der Waals surface area (Å²) in [5.41, 5.74) is 2.71. The maximum Gasteiger partial charge on any atom is 0.227 e. The molecule has 7 nitrogen and oxygen atoms in total. The standard InChI is InChI=1S/C12H13N3O2.C9H7NO/c16-9-7-8(13-1-2-13)12(17)11(15-5-6-15)10(9)14-3-4-14;11-9-5-1-4-8-7(9)3-2-6-10-8/h7H,1-6H2;1-6,11H. The lowest BCUT2D eigenvalue weighted by Gasteiger charge is -2.21. The van der Waals surface area contributed by atoms with Crippen molar-refractivity contribution in [2.75, 3.05) is 39.3 Å². The van der Waals surface area contributed by atoms with Crippen molar-refractivity contribution in [3.8, 4) is 5.75 Å². The van der Waals surface area contributed by atoms with Gasteiger partial charge in [-0.2, -0.15) is 0 Å². The molecule has 0 bridgehead atoms. The van der Waals surface area contributed by atoms with Crippen LogP contribution in [-0.4, -0.2) is 75.6 Å². The van der Waals surface area contributed by atoms with E-state index in [4.69, 9.17) is 0 Å². The molecule has 4 heterocycles. The van der Waals surface area contributed by atoms with Gasteiger partial charge in [0.25, 0.3) is 0 Å². The Labute approximate surface area is 162 Å². The smallest absolute Gasteiger partial charge is 0.227 e. The maximum atomic E-state index is 12.4. The Morgan fingerprint density at radius 3 is 2.14 bits per heavy atom. The van der Waals surface area contributed by atoms with Crippen LogP contribution in [0.15, 0.2) is 59.7 Å². The topological polar surface area (TPSA) is 76.3 Å². The van der Waals surface area contributed by atoms with E-state index in [1.54, 1.807) is 18.3 Å². The summed E-state index contributed by atoms with van der Waals surface area (Å²) in [5, 5.41) is 10.1. The van der Waals surface area contributed by atoms with Gasteiger partial charge < -0.3 is 19.8 Å². The normalized spacial score (nSPS) is 20.1. The fourth-order valence-corrected chi connectivity index (χ4v) is 3.36. The van der Waals surface area contributed by atoms with Crippen molar-refractivity contribution in [3.63, 3.8) is 0 Å². The molecule has 1 aromatic carbocycles. The van der Waals surface area contributed by atoms with Gasteiger partial charge in [0.1, 0.15) is 17.1 Å². The molecule has 0 radical (unpaired) electrons. The summed E-state index contributed by atoms with van der Waals surface area (Å²) in [7, 11) is 0. The summed E-state index contributed by atoms with van der Waals surface area (Å²) in [6.07, 6.45) is 3.23. The summed E-state index contributed by atoms with van der Waals surface area (Å²) in [4.78, 5) is 34.6. The number of hydrogen-bond acceptors (Lipinski definition) is 7. The van der Waals surface area contributed by atoms with Crippen LogP contribution in [0.4, 0.5) is 0 Å². The van der Waals surface area contributed by atoms with Crippen molar-refractivity contribution in [1.29, 1.82) is 0 Å². The molecule has 3 saturated heterocycles. The Kier molecular flexibility index (Phi) is 3.82. The first kappa shape index (κ1) is 16.8. The lowest BCUT2D eigenvalue weighted by molar-refractivity contribution is -0.117. The number of allylic oxidation sites excluding steroid dienone is 1. The van der Waals surface area contributed by atoms with E-state index >= 15 is 0 Å². The third-order valence-corrected chi connectivity index (χ3v) is 5.11. The predicted octanol–water partition coefficient (Wildman–Crippen LogP) is 1.12. The number of hydrogen-bond donors (Lipinski definition) is 1. The van der Waals surface area contributed by atoms with Gasteiger partial charge in [0.15, 0.2) is 0 Å². The van der Waals surface area contributed by atoms with E-state index < -0.39 is 0 Å². The van der Waals surface area contributed by atoms with E-state index in [1.165, 1.54) is 6.08 Å². The number of fused-ring (bicyclic) bond motifs is 1. The van der Waals surface area contributed by atoms with Gasteiger partial charge in [0, 0.05) is 56.9 Å². The van der Waals surface area contributed by atoms with Gasteiger partial charge in [0.2, 0.25) is 11.6 Å². The van der Waals surface area contributed by atoms with Crippen LogP contribution < -0.4 is 0 Å². The molecule has 6 rings (SSSR count). The minimum absolute atomic E-state index is 0.00546. The molecule has 1 aliphatic carbocycles. The molecule has 1 N–H and O–H groups in total. The highest BCUT2D eigenvalue weighted by atomic mass is 16.3. The number of benzene rings is 1. The molecule has 7 heteroatoms. The molecule has 0 atom stereocenters. The SMILES string of the molecule is O=C1C=C(N2CC2)C(=O)C(N2CC2)=C1N1CC1.Oc1cccc2ncccc12. The van der Waals surface area contributed by atoms with Crippen LogP contribution in [-0.2, 0) is 9.59 Å². The second-order valence-electron chi connectivity index (χ2n) is 7.23. The number of carbonyl (C=O) groups excluding carboxylic acids is 2. The summed E-state index contributed by atoms with van der Waals surface area (Å²) in [5.74, 6) is 0.336. The van der Waals surface area contributed by atoms with Gasteiger partial charge in [0.05, 0.1) is 11.2 Å². The second kappa shape index (κ2) is 6.37. The number of carbonyl (C=O) groups is 2. The van der Waals surface area contributed by atoms with E-state index in [1.807, 2.05) is 32.9 Å². The number of aromatic hydroxyl groups is 1.